The van der Waals surface area contributed by atoms with Crippen molar-refractivity contribution in [3.8, 4) is 5.75 Å². The number of anilines is 1. The lowest BCUT2D eigenvalue weighted by molar-refractivity contribution is 0.0950. The Hall–Kier alpha value is -3.32. The minimum atomic E-state index is -3.83. The van der Waals surface area contributed by atoms with E-state index in [-0.39, 0.29) is 16.4 Å². The predicted octanol–water partition coefficient (Wildman–Crippen LogP) is 4.04. The third-order valence-electron chi connectivity index (χ3n) is 4.66. The SMILES string of the molecule is COc1ccc(CNC(=O)c2ccc(C)c(S(=O)(=O)Nc3ccc(C)cc3)c2)cc1. The van der Waals surface area contributed by atoms with Crippen molar-refractivity contribution in [2.24, 2.45) is 0 Å². The largest absolute Gasteiger partial charge is 0.497 e. The summed E-state index contributed by atoms with van der Waals surface area (Å²) in [4.78, 5) is 12.6. The monoisotopic (exact) mass is 424 g/mol. The van der Waals surface area contributed by atoms with Gasteiger partial charge in [0, 0.05) is 17.8 Å². The smallest absolute Gasteiger partial charge is 0.262 e. The molecule has 0 unspecified atom stereocenters. The van der Waals surface area contributed by atoms with Crippen LogP contribution in [0.5, 0.6) is 5.75 Å². The normalized spacial score (nSPS) is 11.0. The average molecular weight is 425 g/mol. The average Bonchev–Trinajstić information content (AvgIpc) is 2.74. The first-order valence-electron chi connectivity index (χ1n) is 9.40. The number of carbonyl (C=O) groups is 1. The highest BCUT2D eigenvalue weighted by molar-refractivity contribution is 7.92. The van der Waals surface area contributed by atoms with Gasteiger partial charge in [-0.3, -0.25) is 9.52 Å². The highest BCUT2D eigenvalue weighted by Gasteiger charge is 2.19. The van der Waals surface area contributed by atoms with Crippen molar-refractivity contribution in [1.29, 1.82) is 0 Å². The molecule has 0 saturated carbocycles. The van der Waals surface area contributed by atoms with Crippen molar-refractivity contribution in [3.05, 3.63) is 89.0 Å². The fourth-order valence-electron chi connectivity index (χ4n) is 2.89. The van der Waals surface area contributed by atoms with E-state index < -0.39 is 10.0 Å². The topological polar surface area (TPSA) is 84.5 Å². The van der Waals surface area contributed by atoms with E-state index >= 15 is 0 Å². The van der Waals surface area contributed by atoms with E-state index in [9.17, 15) is 13.2 Å². The molecule has 0 heterocycles. The molecule has 7 heteroatoms. The van der Waals surface area contributed by atoms with Crippen LogP contribution in [0.1, 0.15) is 27.0 Å². The zero-order chi connectivity index (χ0) is 21.7. The highest BCUT2D eigenvalue weighted by Crippen LogP contribution is 2.21. The Morgan fingerprint density at radius 1 is 0.933 bits per heavy atom. The molecule has 3 rings (SSSR count). The van der Waals surface area contributed by atoms with Crippen molar-refractivity contribution >= 4 is 21.6 Å². The van der Waals surface area contributed by atoms with Gasteiger partial charge in [0.1, 0.15) is 5.75 Å². The van der Waals surface area contributed by atoms with E-state index in [4.69, 9.17) is 4.74 Å². The summed E-state index contributed by atoms with van der Waals surface area (Å²) in [5.74, 6) is 0.386. The van der Waals surface area contributed by atoms with Gasteiger partial charge in [0.2, 0.25) is 0 Å². The maximum absolute atomic E-state index is 12.9. The van der Waals surface area contributed by atoms with Gasteiger partial charge in [-0.15, -0.1) is 0 Å². The number of amides is 1. The first-order chi connectivity index (χ1) is 14.3. The third-order valence-corrected chi connectivity index (χ3v) is 6.18. The standard InChI is InChI=1S/C23H24N2O4S/c1-16-4-10-20(11-5-16)25-30(27,28)22-14-19(9-6-17(22)2)23(26)24-15-18-7-12-21(29-3)13-8-18/h4-14,25H,15H2,1-3H3,(H,24,26). The number of benzene rings is 3. The number of hydrogen-bond acceptors (Lipinski definition) is 4. The lowest BCUT2D eigenvalue weighted by Gasteiger charge is -2.12. The molecule has 2 N–H and O–H groups in total. The maximum atomic E-state index is 12.9. The van der Waals surface area contributed by atoms with Crippen LogP contribution in [0.2, 0.25) is 0 Å². The first-order valence-corrected chi connectivity index (χ1v) is 10.9. The summed E-state index contributed by atoms with van der Waals surface area (Å²) < 4.78 is 33.4. The van der Waals surface area contributed by atoms with Gasteiger partial charge < -0.3 is 10.1 Å². The van der Waals surface area contributed by atoms with Crippen LogP contribution in [0.4, 0.5) is 5.69 Å². The van der Waals surface area contributed by atoms with Crippen LogP contribution in [0, 0.1) is 13.8 Å². The zero-order valence-electron chi connectivity index (χ0n) is 17.1. The van der Waals surface area contributed by atoms with Gasteiger partial charge in [-0.25, -0.2) is 8.42 Å². The Kier molecular flexibility index (Phi) is 6.42. The predicted molar refractivity (Wildman–Crippen MR) is 117 cm³/mol. The number of rotatable bonds is 7. The summed E-state index contributed by atoms with van der Waals surface area (Å²) in [6.45, 7) is 3.94. The second kappa shape index (κ2) is 9.00. The summed E-state index contributed by atoms with van der Waals surface area (Å²) in [6, 6.07) is 19.0. The van der Waals surface area contributed by atoms with Crippen LogP contribution >= 0.6 is 0 Å². The lowest BCUT2D eigenvalue weighted by atomic mass is 10.1. The van der Waals surface area contributed by atoms with Crippen molar-refractivity contribution in [2.45, 2.75) is 25.3 Å². The van der Waals surface area contributed by atoms with Crippen LogP contribution in [0.15, 0.2) is 71.6 Å². The molecule has 3 aromatic carbocycles. The van der Waals surface area contributed by atoms with Crippen LogP contribution in [0.25, 0.3) is 0 Å². The van der Waals surface area contributed by atoms with E-state index in [1.54, 1.807) is 38.3 Å². The Balaban J connectivity index is 1.76. The van der Waals surface area contributed by atoms with Crippen LogP contribution < -0.4 is 14.8 Å². The molecule has 0 fully saturated rings. The molecule has 1 amide bonds. The van der Waals surface area contributed by atoms with Gasteiger partial charge in [-0.05, 0) is 61.4 Å². The molecule has 3 aromatic rings. The summed E-state index contributed by atoms with van der Waals surface area (Å²) in [7, 11) is -2.24. The molecule has 0 atom stereocenters. The number of nitrogens with one attached hydrogen (secondary N) is 2. The van der Waals surface area contributed by atoms with E-state index in [1.807, 2.05) is 43.3 Å². The quantitative estimate of drug-likeness (QED) is 0.599. The van der Waals surface area contributed by atoms with Gasteiger partial charge in [0.05, 0.1) is 12.0 Å². The van der Waals surface area contributed by atoms with E-state index in [1.165, 1.54) is 6.07 Å². The molecule has 0 aromatic heterocycles. The Morgan fingerprint density at radius 3 is 2.23 bits per heavy atom. The third kappa shape index (κ3) is 5.18. The minimum absolute atomic E-state index is 0.0696. The van der Waals surface area contributed by atoms with E-state index in [2.05, 4.69) is 10.0 Å². The van der Waals surface area contributed by atoms with Crippen molar-refractivity contribution in [2.75, 3.05) is 11.8 Å². The molecular weight excluding hydrogens is 400 g/mol. The summed E-state index contributed by atoms with van der Waals surface area (Å²) in [6.07, 6.45) is 0. The van der Waals surface area contributed by atoms with Crippen LogP contribution in [-0.2, 0) is 16.6 Å². The number of methoxy groups -OCH3 is 1. The maximum Gasteiger partial charge on any atom is 0.262 e. The molecule has 0 spiro atoms. The fourth-order valence-corrected chi connectivity index (χ4v) is 4.22. The number of sulfonamides is 1. The summed E-state index contributed by atoms with van der Waals surface area (Å²) >= 11 is 0. The molecule has 0 bridgehead atoms. The van der Waals surface area contributed by atoms with Crippen LogP contribution in [-0.4, -0.2) is 21.4 Å². The highest BCUT2D eigenvalue weighted by atomic mass is 32.2. The lowest BCUT2D eigenvalue weighted by Crippen LogP contribution is -2.23. The second-order valence-electron chi connectivity index (χ2n) is 6.98. The molecule has 0 aliphatic rings. The van der Waals surface area contributed by atoms with E-state index in [0.717, 1.165) is 16.9 Å². The Labute approximate surface area is 177 Å². The first kappa shape index (κ1) is 21.4. The summed E-state index contributed by atoms with van der Waals surface area (Å²) in [5.41, 5.74) is 3.24. The van der Waals surface area contributed by atoms with Gasteiger partial charge in [0.15, 0.2) is 0 Å². The zero-order valence-corrected chi connectivity index (χ0v) is 17.9. The van der Waals surface area contributed by atoms with Crippen molar-refractivity contribution in [1.82, 2.24) is 5.32 Å². The molecule has 0 radical (unpaired) electrons. The fraction of sp³-hybridized carbons (Fsp3) is 0.174. The van der Waals surface area contributed by atoms with E-state index in [0.29, 0.717) is 17.8 Å². The summed E-state index contributed by atoms with van der Waals surface area (Å²) in [5, 5.41) is 2.81. The molecule has 0 aliphatic heterocycles. The van der Waals surface area contributed by atoms with Crippen LogP contribution in [0.3, 0.4) is 0 Å². The van der Waals surface area contributed by atoms with Crippen molar-refractivity contribution < 1.29 is 17.9 Å². The number of ether oxygens (including phenoxy) is 1. The van der Waals surface area contributed by atoms with Gasteiger partial charge in [-0.2, -0.15) is 0 Å². The number of carbonyl (C=O) groups excluding carboxylic acids is 1. The van der Waals surface area contributed by atoms with Gasteiger partial charge in [-0.1, -0.05) is 35.9 Å². The van der Waals surface area contributed by atoms with Gasteiger partial charge in [0.25, 0.3) is 15.9 Å². The Bertz CT molecular complexity index is 1140. The molecule has 0 saturated heterocycles. The molecule has 156 valence electrons. The van der Waals surface area contributed by atoms with Gasteiger partial charge >= 0.3 is 0 Å². The number of aryl methyl sites for hydroxylation is 2. The molecule has 0 aliphatic carbocycles. The molecule has 30 heavy (non-hydrogen) atoms. The van der Waals surface area contributed by atoms with Crippen molar-refractivity contribution in [3.63, 3.8) is 0 Å². The minimum Gasteiger partial charge on any atom is -0.497 e. The Morgan fingerprint density at radius 2 is 1.60 bits per heavy atom. The second-order valence-corrected chi connectivity index (χ2v) is 8.63. The molecule has 6 nitrogen and oxygen atoms in total. The molecular formula is C23H24N2O4S. The number of hydrogen-bond donors (Lipinski definition) is 2.